The maximum atomic E-state index is 5.98. The van der Waals surface area contributed by atoms with Gasteiger partial charge in [-0.2, -0.15) is 0 Å². The molecule has 0 aliphatic heterocycles. The Kier molecular flexibility index (Phi) is 4.05. The van der Waals surface area contributed by atoms with Gasteiger partial charge in [0.2, 0.25) is 0 Å². The molecule has 2 rings (SSSR count). The Morgan fingerprint density at radius 3 is 1.59 bits per heavy atom. The summed E-state index contributed by atoms with van der Waals surface area (Å²) in [6, 6.07) is 0.502. The summed E-state index contributed by atoms with van der Waals surface area (Å²) in [6.07, 6.45) is 8.38. The molecule has 0 aromatic heterocycles. The molecule has 2 heteroatoms. The standard InChI is InChI=1S/C15H26N2/c1-10-7-12(3-5-14(10)16)9-13-4-6-15(17)11(2)8-13/h12-15H,1-9,16-17H2. The van der Waals surface area contributed by atoms with Crippen molar-refractivity contribution < 1.29 is 0 Å². The van der Waals surface area contributed by atoms with Crippen molar-refractivity contribution in [1.29, 1.82) is 0 Å². The van der Waals surface area contributed by atoms with E-state index in [-0.39, 0.29) is 12.1 Å². The fourth-order valence-electron chi connectivity index (χ4n) is 3.36. The molecule has 2 saturated carbocycles. The lowest BCUT2D eigenvalue weighted by Crippen LogP contribution is -2.32. The molecule has 2 fully saturated rings. The van der Waals surface area contributed by atoms with Gasteiger partial charge in [0.25, 0.3) is 0 Å². The molecule has 4 N–H and O–H groups in total. The molecule has 2 aliphatic carbocycles. The molecular formula is C15H26N2. The van der Waals surface area contributed by atoms with Crippen LogP contribution in [0, 0.1) is 11.8 Å². The van der Waals surface area contributed by atoms with Crippen LogP contribution in [0.25, 0.3) is 0 Å². The van der Waals surface area contributed by atoms with Gasteiger partial charge in [0.15, 0.2) is 0 Å². The summed E-state index contributed by atoms with van der Waals surface area (Å²) in [6.45, 7) is 8.21. The van der Waals surface area contributed by atoms with Gasteiger partial charge in [-0.05, 0) is 56.8 Å². The minimum Gasteiger partial charge on any atom is -0.324 e. The monoisotopic (exact) mass is 234 g/mol. The predicted molar refractivity (Wildman–Crippen MR) is 73.5 cm³/mol. The number of hydrogen-bond donors (Lipinski definition) is 2. The molecule has 0 amide bonds. The molecule has 96 valence electrons. The second kappa shape index (κ2) is 5.36. The highest BCUT2D eigenvalue weighted by Gasteiger charge is 2.27. The summed E-state index contributed by atoms with van der Waals surface area (Å²) < 4.78 is 0. The number of nitrogens with two attached hydrogens (primary N) is 2. The first-order valence-electron chi connectivity index (χ1n) is 6.92. The van der Waals surface area contributed by atoms with E-state index in [1.807, 2.05) is 0 Å². The van der Waals surface area contributed by atoms with Crippen molar-refractivity contribution in [3.05, 3.63) is 24.3 Å². The van der Waals surface area contributed by atoms with Gasteiger partial charge >= 0.3 is 0 Å². The van der Waals surface area contributed by atoms with Crippen LogP contribution < -0.4 is 11.5 Å². The van der Waals surface area contributed by atoms with E-state index in [1.54, 1.807) is 0 Å². The van der Waals surface area contributed by atoms with Gasteiger partial charge in [-0.25, -0.2) is 0 Å². The Morgan fingerprint density at radius 1 is 0.824 bits per heavy atom. The zero-order valence-corrected chi connectivity index (χ0v) is 10.8. The average molecular weight is 234 g/mol. The van der Waals surface area contributed by atoms with E-state index in [9.17, 15) is 0 Å². The Balaban J connectivity index is 1.82. The summed E-state index contributed by atoms with van der Waals surface area (Å²) in [5.41, 5.74) is 14.5. The Bertz CT molecular complexity index is 278. The van der Waals surface area contributed by atoms with Crippen LogP contribution in [0.4, 0.5) is 0 Å². The van der Waals surface area contributed by atoms with E-state index in [0.29, 0.717) is 0 Å². The highest BCUT2D eigenvalue weighted by atomic mass is 14.7. The first kappa shape index (κ1) is 12.8. The second-order valence-electron chi connectivity index (χ2n) is 6.06. The fourth-order valence-corrected chi connectivity index (χ4v) is 3.36. The summed E-state index contributed by atoms with van der Waals surface area (Å²) in [5, 5.41) is 0. The Labute approximate surface area is 105 Å². The fraction of sp³-hybridized carbons (Fsp3) is 0.733. The van der Waals surface area contributed by atoms with Gasteiger partial charge < -0.3 is 11.5 Å². The molecular weight excluding hydrogens is 208 g/mol. The summed E-state index contributed by atoms with van der Waals surface area (Å²) in [5.74, 6) is 1.60. The van der Waals surface area contributed by atoms with Crippen molar-refractivity contribution in [2.45, 2.75) is 57.0 Å². The van der Waals surface area contributed by atoms with E-state index in [4.69, 9.17) is 11.5 Å². The van der Waals surface area contributed by atoms with E-state index in [2.05, 4.69) is 13.2 Å². The largest absolute Gasteiger partial charge is 0.324 e. The number of rotatable bonds is 2. The molecule has 0 radical (unpaired) electrons. The molecule has 17 heavy (non-hydrogen) atoms. The van der Waals surface area contributed by atoms with E-state index >= 15 is 0 Å². The van der Waals surface area contributed by atoms with Crippen molar-refractivity contribution in [3.8, 4) is 0 Å². The van der Waals surface area contributed by atoms with Gasteiger partial charge in [-0.3, -0.25) is 0 Å². The van der Waals surface area contributed by atoms with Crippen LogP contribution in [0.3, 0.4) is 0 Å². The lowest BCUT2D eigenvalue weighted by molar-refractivity contribution is 0.275. The topological polar surface area (TPSA) is 52.0 Å². The third-order valence-electron chi connectivity index (χ3n) is 4.59. The molecule has 2 aliphatic rings. The van der Waals surface area contributed by atoms with Crippen LogP contribution in [-0.4, -0.2) is 12.1 Å². The molecule has 0 spiro atoms. The van der Waals surface area contributed by atoms with Crippen LogP contribution in [0.1, 0.15) is 44.9 Å². The zero-order chi connectivity index (χ0) is 12.4. The number of hydrogen-bond acceptors (Lipinski definition) is 2. The molecule has 0 heterocycles. The Hall–Kier alpha value is -0.600. The van der Waals surface area contributed by atoms with Gasteiger partial charge in [-0.15, -0.1) is 0 Å². The second-order valence-corrected chi connectivity index (χ2v) is 6.06. The van der Waals surface area contributed by atoms with Gasteiger partial charge in [0.05, 0.1) is 0 Å². The van der Waals surface area contributed by atoms with Crippen LogP contribution in [0.5, 0.6) is 0 Å². The quantitative estimate of drug-likeness (QED) is 0.722. The van der Waals surface area contributed by atoms with E-state index in [0.717, 1.165) is 37.5 Å². The normalized spacial score (nSPS) is 39.4. The van der Waals surface area contributed by atoms with Gasteiger partial charge in [-0.1, -0.05) is 24.3 Å². The third kappa shape index (κ3) is 3.20. The van der Waals surface area contributed by atoms with Crippen molar-refractivity contribution in [3.63, 3.8) is 0 Å². The summed E-state index contributed by atoms with van der Waals surface area (Å²) >= 11 is 0. The molecule has 2 nitrogen and oxygen atoms in total. The van der Waals surface area contributed by atoms with Crippen molar-refractivity contribution in [2.24, 2.45) is 23.3 Å². The van der Waals surface area contributed by atoms with E-state index < -0.39 is 0 Å². The van der Waals surface area contributed by atoms with Crippen molar-refractivity contribution in [2.75, 3.05) is 0 Å². The lowest BCUT2D eigenvalue weighted by Gasteiger charge is -2.34. The predicted octanol–water partition coefficient (Wildman–Crippen LogP) is 2.74. The molecule has 4 unspecified atom stereocenters. The first-order valence-corrected chi connectivity index (χ1v) is 6.92. The summed E-state index contributed by atoms with van der Waals surface area (Å²) in [7, 11) is 0. The molecule has 4 atom stereocenters. The van der Waals surface area contributed by atoms with Crippen LogP contribution >= 0.6 is 0 Å². The summed E-state index contributed by atoms with van der Waals surface area (Å²) in [4.78, 5) is 0. The van der Waals surface area contributed by atoms with Crippen LogP contribution in [-0.2, 0) is 0 Å². The molecule has 0 aromatic rings. The third-order valence-corrected chi connectivity index (χ3v) is 4.59. The van der Waals surface area contributed by atoms with Crippen molar-refractivity contribution >= 4 is 0 Å². The van der Waals surface area contributed by atoms with Gasteiger partial charge in [0, 0.05) is 12.1 Å². The van der Waals surface area contributed by atoms with Crippen LogP contribution in [0.2, 0.25) is 0 Å². The van der Waals surface area contributed by atoms with Crippen LogP contribution in [0.15, 0.2) is 24.3 Å². The SMILES string of the molecule is C=C1CC(CC2CCC(N)C(=C)C2)CCC1N. The first-order chi connectivity index (χ1) is 8.06. The zero-order valence-electron chi connectivity index (χ0n) is 10.8. The average Bonchev–Trinajstić information content (AvgIpc) is 2.29. The lowest BCUT2D eigenvalue weighted by atomic mass is 9.74. The van der Waals surface area contributed by atoms with Gasteiger partial charge in [0.1, 0.15) is 0 Å². The smallest absolute Gasteiger partial charge is 0.0251 e. The maximum Gasteiger partial charge on any atom is 0.0251 e. The molecule has 0 bridgehead atoms. The maximum absolute atomic E-state index is 5.98. The van der Waals surface area contributed by atoms with E-state index in [1.165, 1.54) is 30.4 Å². The van der Waals surface area contributed by atoms with Crippen molar-refractivity contribution in [1.82, 2.24) is 0 Å². The minimum atomic E-state index is 0.251. The molecule has 0 saturated heterocycles. The highest BCUT2D eigenvalue weighted by molar-refractivity contribution is 5.11. The molecule has 0 aromatic carbocycles. The highest BCUT2D eigenvalue weighted by Crippen LogP contribution is 2.37. The minimum absolute atomic E-state index is 0.251. The Morgan fingerprint density at radius 2 is 1.24 bits per heavy atom.